The summed E-state index contributed by atoms with van der Waals surface area (Å²) in [6.45, 7) is 13.7. The Morgan fingerprint density at radius 1 is 1.17 bits per heavy atom. The fraction of sp³-hybridized carbons (Fsp3) is 0.933. The van der Waals surface area contributed by atoms with Crippen molar-refractivity contribution in [1.82, 2.24) is 10.2 Å². The summed E-state index contributed by atoms with van der Waals surface area (Å²) in [7, 11) is 0. The van der Waals surface area contributed by atoms with Crippen molar-refractivity contribution in [1.29, 1.82) is 5.26 Å². The highest BCUT2D eigenvalue weighted by atomic mass is 15.2. The van der Waals surface area contributed by atoms with E-state index in [2.05, 4.69) is 44.0 Å². The molecule has 0 saturated carbocycles. The van der Waals surface area contributed by atoms with Crippen LogP contribution in [0.3, 0.4) is 0 Å². The zero-order valence-corrected chi connectivity index (χ0v) is 12.9. The van der Waals surface area contributed by atoms with Crippen molar-refractivity contribution in [3.63, 3.8) is 0 Å². The van der Waals surface area contributed by atoms with Gasteiger partial charge in [0.2, 0.25) is 0 Å². The van der Waals surface area contributed by atoms with Gasteiger partial charge in [-0.25, -0.2) is 0 Å². The van der Waals surface area contributed by atoms with E-state index < -0.39 is 5.54 Å². The zero-order valence-electron chi connectivity index (χ0n) is 12.9. The molecule has 0 amide bonds. The number of rotatable bonds is 10. The van der Waals surface area contributed by atoms with Gasteiger partial charge in [0.1, 0.15) is 5.54 Å². The van der Waals surface area contributed by atoms with E-state index in [1.54, 1.807) is 0 Å². The Morgan fingerprint density at radius 2 is 1.67 bits per heavy atom. The maximum absolute atomic E-state index is 9.39. The van der Waals surface area contributed by atoms with Crippen molar-refractivity contribution in [2.75, 3.05) is 19.6 Å². The quantitative estimate of drug-likeness (QED) is 0.650. The highest BCUT2D eigenvalue weighted by molar-refractivity contribution is 5.06. The fourth-order valence-corrected chi connectivity index (χ4v) is 2.23. The van der Waals surface area contributed by atoms with Crippen LogP contribution in [0, 0.1) is 11.3 Å². The van der Waals surface area contributed by atoms with E-state index in [0.29, 0.717) is 6.04 Å². The maximum Gasteiger partial charge on any atom is 0.116 e. The first-order chi connectivity index (χ1) is 8.47. The van der Waals surface area contributed by atoms with Crippen LogP contribution in [-0.4, -0.2) is 36.1 Å². The predicted molar refractivity (Wildman–Crippen MR) is 78.5 cm³/mol. The number of nitrogens with zero attached hydrogens (tertiary/aromatic N) is 2. The first kappa shape index (κ1) is 17.4. The minimum Gasteiger partial charge on any atom is -0.300 e. The third kappa shape index (κ3) is 7.68. The van der Waals surface area contributed by atoms with Crippen LogP contribution in [0.15, 0.2) is 0 Å². The van der Waals surface area contributed by atoms with Gasteiger partial charge in [0.25, 0.3) is 0 Å². The lowest BCUT2D eigenvalue weighted by Gasteiger charge is -2.32. The highest BCUT2D eigenvalue weighted by Crippen LogP contribution is 2.09. The SMILES string of the molecule is CCCCN(CCCC)CC(C)(C#N)NC(C)C. The highest BCUT2D eigenvalue weighted by Gasteiger charge is 2.26. The van der Waals surface area contributed by atoms with Crippen LogP contribution in [0.5, 0.6) is 0 Å². The van der Waals surface area contributed by atoms with Crippen molar-refractivity contribution >= 4 is 0 Å². The first-order valence-corrected chi connectivity index (χ1v) is 7.38. The molecule has 106 valence electrons. The van der Waals surface area contributed by atoms with Gasteiger partial charge in [-0.2, -0.15) is 5.26 Å². The Balaban J connectivity index is 4.44. The van der Waals surface area contributed by atoms with E-state index in [-0.39, 0.29) is 0 Å². The molecule has 0 rings (SSSR count). The van der Waals surface area contributed by atoms with Crippen LogP contribution in [0.4, 0.5) is 0 Å². The molecule has 1 N–H and O–H groups in total. The molecule has 0 aromatic carbocycles. The molecular weight excluding hydrogens is 222 g/mol. The summed E-state index contributed by atoms with van der Waals surface area (Å²) >= 11 is 0. The predicted octanol–water partition coefficient (Wildman–Crippen LogP) is 3.17. The Hall–Kier alpha value is -0.590. The fourth-order valence-electron chi connectivity index (χ4n) is 2.23. The maximum atomic E-state index is 9.39. The van der Waals surface area contributed by atoms with Gasteiger partial charge in [0.05, 0.1) is 6.07 Å². The average molecular weight is 253 g/mol. The van der Waals surface area contributed by atoms with E-state index in [9.17, 15) is 5.26 Å². The van der Waals surface area contributed by atoms with Crippen LogP contribution in [0.1, 0.15) is 60.3 Å². The summed E-state index contributed by atoms with van der Waals surface area (Å²) in [5.41, 5.74) is -0.435. The van der Waals surface area contributed by atoms with Crippen LogP contribution in [-0.2, 0) is 0 Å². The number of nitrogens with one attached hydrogen (secondary N) is 1. The standard InChI is InChI=1S/C15H31N3/c1-6-8-10-18(11-9-7-2)13-15(5,12-16)17-14(3)4/h14,17H,6-11,13H2,1-5H3. The smallest absolute Gasteiger partial charge is 0.116 e. The molecule has 0 saturated heterocycles. The lowest BCUT2D eigenvalue weighted by molar-refractivity contribution is 0.208. The molecule has 0 aliphatic heterocycles. The van der Waals surface area contributed by atoms with Crippen molar-refractivity contribution in [3.05, 3.63) is 0 Å². The molecule has 0 aromatic rings. The van der Waals surface area contributed by atoms with Gasteiger partial charge < -0.3 is 4.90 Å². The monoisotopic (exact) mass is 253 g/mol. The molecule has 0 spiro atoms. The molecule has 0 radical (unpaired) electrons. The molecule has 18 heavy (non-hydrogen) atoms. The van der Waals surface area contributed by atoms with Crippen LogP contribution >= 0.6 is 0 Å². The van der Waals surface area contributed by atoms with E-state index >= 15 is 0 Å². The van der Waals surface area contributed by atoms with Gasteiger partial charge in [-0.15, -0.1) is 0 Å². The van der Waals surface area contributed by atoms with Gasteiger partial charge in [0, 0.05) is 12.6 Å². The third-order valence-corrected chi connectivity index (χ3v) is 3.05. The normalized spacial score (nSPS) is 14.8. The summed E-state index contributed by atoms with van der Waals surface area (Å²) in [5, 5.41) is 12.8. The minimum atomic E-state index is -0.435. The van der Waals surface area contributed by atoms with Gasteiger partial charge in [0.15, 0.2) is 0 Å². The summed E-state index contributed by atoms with van der Waals surface area (Å²) in [6.07, 6.45) is 4.85. The number of hydrogen-bond donors (Lipinski definition) is 1. The molecular formula is C15H31N3. The van der Waals surface area contributed by atoms with Crippen LogP contribution < -0.4 is 5.32 Å². The topological polar surface area (TPSA) is 39.1 Å². The lowest BCUT2D eigenvalue weighted by Crippen LogP contribution is -2.53. The third-order valence-electron chi connectivity index (χ3n) is 3.05. The molecule has 0 aliphatic rings. The van der Waals surface area contributed by atoms with Crippen molar-refractivity contribution in [3.8, 4) is 6.07 Å². The molecule has 0 aromatic heterocycles. The summed E-state index contributed by atoms with van der Waals surface area (Å²) < 4.78 is 0. The zero-order chi connectivity index (χ0) is 14.0. The minimum absolute atomic E-state index is 0.342. The van der Waals surface area contributed by atoms with Gasteiger partial charge >= 0.3 is 0 Å². The van der Waals surface area contributed by atoms with E-state index in [0.717, 1.165) is 19.6 Å². The molecule has 3 nitrogen and oxygen atoms in total. The summed E-state index contributed by atoms with van der Waals surface area (Å²) in [4.78, 5) is 2.44. The first-order valence-electron chi connectivity index (χ1n) is 7.38. The molecule has 0 heterocycles. The second-order valence-electron chi connectivity index (χ2n) is 5.73. The van der Waals surface area contributed by atoms with E-state index in [1.165, 1.54) is 25.7 Å². The van der Waals surface area contributed by atoms with Gasteiger partial charge in [-0.1, -0.05) is 26.7 Å². The second-order valence-corrected chi connectivity index (χ2v) is 5.73. The Labute approximate surface area is 114 Å². The average Bonchev–Trinajstić information content (AvgIpc) is 2.31. The van der Waals surface area contributed by atoms with E-state index in [1.807, 2.05) is 6.92 Å². The van der Waals surface area contributed by atoms with Crippen LogP contribution in [0.25, 0.3) is 0 Å². The van der Waals surface area contributed by atoms with Gasteiger partial charge in [-0.05, 0) is 46.7 Å². The second kappa shape index (κ2) is 9.35. The Morgan fingerprint density at radius 3 is 2.00 bits per heavy atom. The van der Waals surface area contributed by atoms with Crippen molar-refractivity contribution in [2.45, 2.75) is 71.9 Å². The summed E-state index contributed by atoms with van der Waals surface area (Å²) in [5.74, 6) is 0. The number of hydrogen-bond acceptors (Lipinski definition) is 3. The molecule has 3 heteroatoms. The van der Waals surface area contributed by atoms with Gasteiger partial charge in [-0.3, -0.25) is 5.32 Å². The largest absolute Gasteiger partial charge is 0.300 e. The molecule has 0 bridgehead atoms. The van der Waals surface area contributed by atoms with E-state index in [4.69, 9.17) is 0 Å². The number of nitriles is 1. The summed E-state index contributed by atoms with van der Waals surface area (Å²) in [6, 6.07) is 2.78. The number of unbranched alkanes of at least 4 members (excludes halogenated alkanes) is 2. The molecule has 0 fully saturated rings. The molecule has 1 atom stereocenters. The van der Waals surface area contributed by atoms with Crippen molar-refractivity contribution in [2.24, 2.45) is 0 Å². The van der Waals surface area contributed by atoms with Crippen LogP contribution in [0.2, 0.25) is 0 Å². The lowest BCUT2D eigenvalue weighted by atomic mass is 10.0. The Bertz CT molecular complexity index is 237. The molecule has 1 unspecified atom stereocenters. The molecule has 0 aliphatic carbocycles. The van der Waals surface area contributed by atoms with Crippen molar-refractivity contribution < 1.29 is 0 Å². The Kier molecular flexibility index (Phi) is 9.05.